The molecule has 1 aromatic heterocycles. The van der Waals surface area contributed by atoms with Crippen LogP contribution < -0.4 is 10.2 Å². The largest absolute Gasteiger partial charge is 0.489 e. The molecule has 1 heterocycles. The summed E-state index contributed by atoms with van der Waals surface area (Å²) in [6.07, 6.45) is 1.33. The van der Waals surface area contributed by atoms with Crippen molar-refractivity contribution in [2.75, 3.05) is 0 Å². The summed E-state index contributed by atoms with van der Waals surface area (Å²) in [4.78, 5) is 22.7. The molecule has 0 aliphatic carbocycles. The van der Waals surface area contributed by atoms with E-state index in [1.54, 1.807) is 18.2 Å². The molecule has 4 rings (SSSR count). The molecule has 3 aromatic carbocycles. The zero-order valence-electron chi connectivity index (χ0n) is 17.3. The standard InChI is InChI=1S/C24H19N5O4/c30-24(28-25-15-18-8-4-10-20(12-18)29(31)32)23-14-22(26-27-23)19-9-5-11-21(13-19)33-16-17-6-2-1-3-7-17/h1-15H,16H2,(H,26,27)(H,28,30)/b25-15+. The molecule has 0 bridgehead atoms. The number of carbonyl (C=O) groups excluding carboxylic acids is 1. The highest BCUT2D eigenvalue weighted by Gasteiger charge is 2.11. The minimum atomic E-state index is -0.496. The van der Waals surface area contributed by atoms with Crippen LogP contribution in [0.15, 0.2) is 90.0 Å². The Bertz CT molecular complexity index is 1300. The number of hydrogen-bond acceptors (Lipinski definition) is 6. The topological polar surface area (TPSA) is 123 Å². The number of non-ortho nitro benzene ring substituents is 1. The third kappa shape index (κ3) is 5.67. The Labute approximate surface area is 188 Å². The quantitative estimate of drug-likeness (QED) is 0.239. The lowest BCUT2D eigenvalue weighted by Gasteiger charge is -2.07. The number of aromatic nitrogens is 2. The lowest BCUT2D eigenvalue weighted by molar-refractivity contribution is -0.384. The van der Waals surface area contributed by atoms with E-state index in [1.165, 1.54) is 18.3 Å². The lowest BCUT2D eigenvalue weighted by atomic mass is 10.1. The van der Waals surface area contributed by atoms with Crippen LogP contribution in [-0.2, 0) is 6.61 Å². The maximum Gasteiger partial charge on any atom is 0.289 e. The number of benzene rings is 3. The van der Waals surface area contributed by atoms with Gasteiger partial charge in [0.1, 0.15) is 18.1 Å². The number of amides is 1. The second-order valence-corrected chi connectivity index (χ2v) is 7.02. The highest BCUT2D eigenvalue weighted by atomic mass is 16.6. The fraction of sp³-hybridized carbons (Fsp3) is 0.0417. The summed E-state index contributed by atoms with van der Waals surface area (Å²) < 4.78 is 5.85. The summed E-state index contributed by atoms with van der Waals surface area (Å²) in [7, 11) is 0. The molecule has 2 N–H and O–H groups in total. The van der Waals surface area contributed by atoms with Gasteiger partial charge in [0.25, 0.3) is 11.6 Å². The molecule has 9 nitrogen and oxygen atoms in total. The highest BCUT2D eigenvalue weighted by molar-refractivity contribution is 5.94. The van der Waals surface area contributed by atoms with Crippen LogP contribution >= 0.6 is 0 Å². The van der Waals surface area contributed by atoms with Crippen LogP contribution in [-0.4, -0.2) is 27.2 Å². The summed E-state index contributed by atoms with van der Waals surface area (Å²) in [6, 6.07) is 24.8. The van der Waals surface area contributed by atoms with Crippen LogP contribution in [0.25, 0.3) is 11.3 Å². The van der Waals surface area contributed by atoms with Gasteiger partial charge in [-0.2, -0.15) is 10.2 Å². The molecule has 0 atom stereocenters. The van der Waals surface area contributed by atoms with Crippen LogP contribution in [0, 0.1) is 10.1 Å². The summed E-state index contributed by atoms with van der Waals surface area (Å²) in [5.74, 6) is 0.193. The van der Waals surface area contributed by atoms with Crippen molar-refractivity contribution >= 4 is 17.8 Å². The lowest BCUT2D eigenvalue weighted by Crippen LogP contribution is -2.18. The summed E-state index contributed by atoms with van der Waals surface area (Å²) in [5.41, 5.74) is 5.45. The van der Waals surface area contributed by atoms with E-state index in [-0.39, 0.29) is 11.4 Å². The van der Waals surface area contributed by atoms with E-state index in [9.17, 15) is 14.9 Å². The van der Waals surface area contributed by atoms with Gasteiger partial charge in [0.15, 0.2) is 0 Å². The van der Waals surface area contributed by atoms with Crippen LogP contribution in [0.3, 0.4) is 0 Å². The Morgan fingerprint density at radius 3 is 2.70 bits per heavy atom. The SMILES string of the molecule is O=C(N/N=C/c1cccc([N+](=O)[O-])c1)c1cc(-c2cccc(OCc3ccccc3)c2)n[nH]1. The molecule has 0 unspecified atom stereocenters. The average Bonchev–Trinajstić information content (AvgIpc) is 3.34. The number of nitrogens with zero attached hydrogens (tertiary/aromatic N) is 3. The van der Waals surface area contributed by atoms with Crippen molar-refractivity contribution in [3.8, 4) is 17.0 Å². The van der Waals surface area contributed by atoms with E-state index in [1.807, 2.05) is 54.6 Å². The van der Waals surface area contributed by atoms with Crippen molar-refractivity contribution in [1.29, 1.82) is 0 Å². The van der Waals surface area contributed by atoms with Crippen molar-refractivity contribution in [3.63, 3.8) is 0 Å². The molecule has 1 amide bonds. The monoisotopic (exact) mass is 441 g/mol. The molecule has 4 aromatic rings. The molecule has 164 valence electrons. The number of nitrogens with one attached hydrogen (secondary N) is 2. The van der Waals surface area contributed by atoms with Gasteiger partial charge in [-0.15, -0.1) is 0 Å². The number of carbonyl (C=O) groups is 1. The van der Waals surface area contributed by atoms with Gasteiger partial charge in [0.2, 0.25) is 0 Å². The van der Waals surface area contributed by atoms with Gasteiger partial charge in [-0.3, -0.25) is 20.0 Å². The zero-order chi connectivity index (χ0) is 23.0. The predicted octanol–water partition coefficient (Wildman–Crippen LogP) is 4.33. The van der Waals surface area contributed by atoms with E-state index < -0.39 is 10.8 Å². The first kappa shape index (κ1) is 21.4. The Kier molecular flexibility index (Phi) is 6.51. The number of nitro benzene ring substituents is 1. The van der Waals surface area contributed by atoms with Crippen molar-refractivity contribution < 1.29 is 14.5 Å². The van der Waals surface area contributed by atoms with Gasteiger partial charge in [-0.05, 0) is 23.8 Å². The molecular formula is C24H19N5O4. The number of hydrazone groups is 1. The number of ether oxygens (including phenoxy) is 1. The van der Waals surface area contributed by atoms with E-state index in [0.29, 0.717) is 23.6 Å². The molecule has 9 heteroatoms. The van der Waals surface area contributed by atoms with Crippen molar-refractivity contribution in [2.24, 2.45) is 5.10 Å². The van der Waals surface area contributed by atoms with Crippen LogP contribution in [0.5, 0.6) is 5.75 Å². The molecule has 0 aliphatic rings. The van der Waals surface area contributed by atoms with E-state index in [2.05, 4.69) is 20.7 Å². The molecule has 0 aliphatic heterocycles. The van der Waals surface area contributed by atoms with E-state index in [0.717, 1.165) is 11.1 Å². The average molecular weight is 441 g/mol. The fourth-order valence-corrected chi connectivity index (χ4v) is 3.02. The number of hydrogen-bond donors (Lipinski definition) is 2. The van der Waals surface area contributed by atoms with Gasteiger partial charge >= 0.3 is 0 Å². The van der Waals surface area contributed by atoms with Crippen LogP contribution in [0.2, 0.25) is 0 Å². The third-order valence-corrected chi connectivity index (χ3v) is 4.66. The Balaban J connectivity index is 1.38. The van der Waals surface area contributed by atoms with Gasteiger partial charge in [-0.25, -0.2) is 5.43 Å². The van der Waals surface area contributed by atoms with Gasteiger partial charge in [-0.1, -0.05) is 54.6 Å². The second kappa shape index (κ2) is 10.0. The van der Waals surface area contributed by atoms with E-state index >= 15 is 0 Å². The van der Waals surface area contributed by atoms with Gasteiger partial charge in [0, 0.05) is 23.3 Å². The first-order chi connectivity index (χ1) is 16.1. The first-order valence-corrected chi connectivity index (χ1v) is 9.99. The first-order valence-electron chi connectivity index (χ1n) is 9.99. The minimum absolute atomic E-state index is 0.0570. The molecule has 0 fully saturated rings. The van der Waals surface area contributed by atoms with Crippen molar-refractivity contribution in [3.05, 3.63) is 112 Å². The maximum atomic E-state index is 12.4. The Morgan fingerprint density at radius 2 is 1.88 bits per heavy atom. The third-order valence-electron chi connectivity index (χ3n) is 4.66. The second-order valence-electron chi connectivity index (χ2n) is 7.02. The number of rotatable bonds is 8. The number of nitro groups is 1. The Morgan fingerprint density at radius 1 is 1.06 bits per heavy atom. The summed E-state index contributed by atoms with van der Waals surface area (Å²) >= 11 is 0. The van der Waals surface area contributed by atoms with Crippen LogP contribution in [0.4, 0.5) is 5.69 Å². The molecule has 0 radical (unpaired) electrons. The molecule has 0 saturated heterocycles. The fourth-order valence-electron chi connectivity index (χ4n) is 3.02. The summed E-state index contributed by atoms with van der Waals surface area (Å²) in [5, 5.41) is 21.6. The van der Waals surface area contributed by atoms with E-state index in [4.69, 9.17) is 4.74 Å². The minimum Gasteiger partial charge on any atom is -0.489 e. The molecule has 0 spiro atoms. The number of aromatic amines is 1. The van der Waals surface area contributed by atoms with Crippen LogP contribution in [0.1, 0.15) is 21.6 Å². The maximum absolute atomic E-state index is 12.4. The molecule has 0 saturated carbocycles. The highest BCUT2D eigenvalue weighted by Crippen LogP contribution is 2.23. The van der Waals surface area contributed by atoms with Crippen molar-refractivity contribution in [1.82, 2.24) is 15.6 Å². The zero-order valence-corrected chi connectivity index (χ0v) is 17.3. The number of H-pyrrole nitrogens is 1. The smallest absolute Gasteiger partial charge is 0.289 e. The van der Waals surface area contributed by atoms with Gasteiger partial charge < -0.3 is 4.74 Å². The van der Waals surface area contributed by atoms with Crippen molar-refractivity contribution in [2.45, 2.75) is 6.61 Å². The Hall–Kier alpha value is -4.79. The predicted molar refractivity (Wildman–Crippen MR) is 123 cm³/mol. The molecular weight excluding hydrogens is 422 g/mol. The molecule has 33 heavy (non-hydrogen) atoms. The van der Waals surface area contributed by atoms with Gasteiger partial charge in [0.05, 0.1) is 16.8 Å². The summed E-state index contributed by atoms with van der Waals surface area (Å²) in [6.45, 7) is 0.446. The normalized spacial score (nSPS) is 10.8.